The van der Waals surface area contributed by atoms with Crippen LogP contribution < -0.4 is 10.1 Å². The van der Waals surface area contributed by atoms with Crippen molar-refractivity contribution >= 4 is 15.9 Å². The van der Waals surface area contributed by atoms with Gasteiger partial charge in [-0.05, 0) is 74.8 Å². The van der Waals surface area contributed by atoms with Gasteiger partial charge in [0.1, 0.15) is 5.75 Å². The van der Waals surface area contributed by atoms with Crippen molar-refractivity contribution < 1.29 is 17.9 Å². The molecule has 0 heterocycles. The van der Waals surface area contributed by atoms with E-state index in [2.05, 4.69) is 11.4 Å². The molecule has 178 valence electrons. The van der Waals surface area contributed by atoms with Crippen LogP contribution in [0.4, 0.5) is 0 Å². The minimum absolute atomic E-state index is 0.161. The maximum absolute atomic E-state index is 13.5. The van der Waals surface area contributed by atoms with Crippen LogP contribution in [0, 0.1) is 6.92 Å². The highest BCUT2D eigenvalue weighted by Crippen LogP contribution is 2.24. The lowest BCUT2D eigenvalue weighted by atomic mass is 9.97. The summed E-state index contributed by atoms with van der Waals surface area (Å²) >= 11 is 0. The summed E-state index contributed by atoms with van der Waals surface area (Å²) in [5, 5.41) is 2.91. The molecule has 0 spiro atoms. The van der Waals surface area contributed by atoms with E-state index in [1.807, 2.05) is 30.3 Å². The van der Waals surface area contributed by atoms with Gasteiger partial charge in [-0.15, -0.1) is 0 Å². The summed E-state index contributed by atoms with van der Waals surface area (Å²) in [6.07, 6.45) is 8.23. The summed E-state index contributed by atoms with van der Waals surface area (Å²) in [5.41, 5.74) is 3.13. The second kappa shape index (κ2) is 12.0. The lowest BCUT2D eigenvalue weighted by Gasteiger charge is -2.22. The van der Waals surface area contributed by atoms with Crippen molar-refractivity contribution in [2.75, 3.05) is 26.7 Å². The van der Waals surface area contributed by atoms with E-state index < -0.39 is 10.0 Å². The molecule has 2 aromatic rings. The number of nitrogens with zero attached hydrogens (tertiary/aromatic N) is 1. The van der Waals surface area contributed by atoms with Crippen LogP contribution in [0.2, 0.25) is 0 Å². The Bertz CT molecular complexity index is 1060. The number of methoxy groups -OCH3 is 1. The molecule has 0 radical (unpaired) electrons. The Kier molecular flexibility index (Phi) is 9.09. The molecule has 1 N–H and O–H groups in total. The van der Waals surface area contributed by atoms with Gasteiger partial charge in [0.15, 0.2) is 0 Å². The van der Waals surface area contributed by atoms with Crippen molar-refractivity contribution in [1.29, 1.82) is 0 Å². The van der Waals surface area contributed by atoms with Gasteiger partial charge in [-0.1, -0.05) is 42.0 Å². The number of rotatable bonds is 11. The van der Waals surface area contributed by atoms with Crippen LogP contribution >= 0.6 is 0 Å². The van der Waals surface area contributed by atoms with E-state index in [9.17, 15) is 13.2 Å². The van der Waals surface area contributed by atoms with Crippen molar-refractivity contribution in [3.8, 4) is 5.75 Å². The van der Waals surface area contributed by atoms with E-state index in [0.29, 0.717) is 18.7 Å². The van der Waals surface area contributed by atoms with Crippen LogP contribution in [-0.2, 0) is 21.2 Å². The van der Waals surface area contributed by atoms with Gasteiger partial charge in [0.2, 0.25) is 15.9 Å². The number of amides is 1. The highest BCUT2D eigenvalue weighted by Gasteiger charge is 2.27. The Morgan fingerprint density at radius 1 is 1.09 bits per heavy atom. The van der Waals surface area contributed by atoms with Crippen molar-refractivity contribution in [3.63, 3.8) is 0 Å². The summed E-state index contributed by atoms with van der Waals surface area (Å²) in [5.74, 6) is 0.341. The Balaban J connectivity index is 1.71. The van der Waals surface area contributed by atoms with Crippen molar-refractivity contribution in [3.05, 3.63) is 71.3 Å². The van der Waals surface area contributed by atoms with E-state index in [1.54, 1.807) is 26.2 Å². The van der Waals surface area contributed by atoms with Gasteiger partial charge in [0.25, 0.3) is 0 Å². The van der Waals surface area contributed by atoms with Gasteiger partial charge in [-0.3, -0.25) is 4.79 Å². The zero-order chi connectivity index (χ0) is 23.7. The molecule has 1 amide bonds. The Morgan fingerprint density at radius 3 is 2.55 bits per heavy atom. The number of sulfonamides is 1. The number of ether oxygens (including phenoxy) is 1. The normalized spacial score (nSPS) is 14.1. The van der Waals surface area contributed by atoms with Crippen molar-refractivity contribution in [1.82, 2.24) is 9.62 Å². The van der Waals surface area contributed by atoms with Crippen LogP contribution in [0.25, 0.3) is 0 Å². The Hall–Kier alpha value is -2.64. The van der Waals surface area contributed by atoms with E-state index in [0.717, 1.165) is 30.4 Å². The zero-order valence-electron chi connectivity index (χ0n) is 19.5. The minimum atomic E-state index is -3.85. The fraction of sp³-hybridized carbons (Fsp3) is 0.423. The predicted molar refractivity (Wildman–Crippen MR) is 131 cm³/mol. The molecule has 0 aromatic heterocycles. The average Bonchev–Trinajstić information content (AvgIpc) is 2.83. The number of carbonyl (C=O) groups excluding carboxylic acids is 1. The molecule has 0 unspecified atom stereocenters. The van der Waals surface area contributed by atoms with Gasteiger partial charge in [0.05, 0.1) is 18.6 Å². The molecule has 1 aliphatic carbocycles. The number of nitrogens with one attached hydrogen (secondary N) is 1. The van der Waals surface area contributed by atoms with E-state index in [4.69, 9.17) is 4.74 Å². The summed E-state index contributed by atoms with van der Waals surface area (Å²) < 4.78 is 33.5. The third kappa shape index (κ3) is 7.17. The molecule has 0 fully saturated rings. The standard InChI is InChI=1S/C26H34N2O4S/c1-21-19-24(13-14-25(21)32-2)33(30,31)28(18-16-23-11-7-4-8-12-23)20-26(29)27-17-15-22-9-5-3-6-10-22/h4,7-9,11-14,19H,3,5-6,10,15-18,20H2,1-2H3,(H,27,29). The fourth-order valence-corrected chi connectivity index (χ4v) is 5.54. The van der Waals surface area contributed by atoms with Crippen LogP contribution in [0.3, 0.4) is 0 Å². The van der Waals surface area contributed by atoms with E-state index in [1.165, 1.54) is 28.8 Å². The number of aryl methyl sites for hydroxylation is 1. The monoisotopic (exact) mass is 470 g/mol. The fourth-order valence-electron chi connectivity index (χ4n) is 4.05. The lowest BCUT2D eigenvalue weighted by Crippen LogP contribution is -2.42. The number of carbonyl (C=O) groups is 1. The van der Waals surface area contributed by atoms with Crippen LogP contribution in [-0.4, -0.2) is 45.4 Å². The van der Waals surface area contributed by atoms with E-state index >= 15 is 0 Å². The Labute approximate surface area is 197 Å². The smallest absolute Gasteiger partial charge is 0.243 e. The Morgan fingerprint density at radius 2 is 1.88 bits per heavy atom. The van der Waals surface area contributed by atoms with Crippen LogP contribution in [0.1, 0.15) is 43.2 Å². The molecule has 0 bridgehead atoms. The molecule has 0 saturated heterocycles. The van der Waals surface area contributed by atoms with E-state index in [-0.39, 0.29) is 23.9 Å². The number of hydrogen-bond acceptors (Lipinski definition) is 4. The second-order valence-electron chi connectivity index (χ2n) is 8.41. The van der Waals surface area contributed by atoms with Gasteiger partial charge in [-0.25, -0.2) is 8.42 Å². The van der Waals surface area contributed by atoms with Gasteiger partial charge < -0.3 is 10.1 Å². The first-order valence-corrected chi connectivity index (χ1v) is 13.0. The summed E-state index contributed by atoms with van der Waals surface area (Å²) in [6.45, 7) is 2.34. The third-order valence-electron chi connectivity index (χ3n) is 5.97. The first-order valence-electron chi connectivity index (χ1n) is 11.5. The maximum Gasteiger partial charge on any atom is 0.243 e. The largest absolute Gasteiger partial charge is 0.496 e. The molecule has 6 nitrogen and oxygen atoms in total. The highest BCUT2D eigenvalue weighted by molar-refractivity contribution is 7.89. The molecule has 0 saturated carbocycles. The SMILES string of the molecule is COc1ccc(S(=O)(=O)N(CCc2ccccc2)CC(=O)NCCC2=CCCCC2)cc1C. The first kappa shape index (κ1) is 25.0. The first-order chi connectivity index (χ1) is 15.9. The summed E-state index contributed by atoms with van der Waals surface area (Å²) in [4.78, 5) is 12.9. The van der Waals surface area contributed by atoms with Crippen LogP contribution in [0.15, 0.2) is 65.1 Å². The summed E-state index contributed by atoms with van der Waals surface area (Å²) in [7, 11) is -2.30. The number of allylic oxidation sites excluding steroid dienone is 1. The lowest BCUT2D eigenvalue weighted by molar-refractivity contribution is -0.121. The molecule has 7 heteroatoms. The molecule has 2 aromatic carbocycles. The van der Waals surface area contributed by atoms with Gasteiger partial charge in [0, 0.05) is 13.1 Å². The predicted octanol–water partition coefficient (Wildman–Crippen LogP) is 4.24. The molecule has 1 aliphatic rings. The van der Waals surface area contributed by atoms with Crippen molar-refractivity contribution in [2.45, 2.75) is 50.3 Å². The molecular weight excluding hydrogens is 436 g/mol. The molecule has 0 atom stereocenters. The number of hydrogen-bond donors (Lipinski definition) is 1. The average molecular weight is 471 g/mol. The third-order valence-corrected chi connectivity index (χ3v) is 7.81. The molecular formula is C26H34N2O4S. The number of benzene rings is 2. The minimum Gasteiger partial charge on any atom is -0.496 e. The van der Waals surface area contributed by atoms with Gasteiger partial charge >= 0.3 is 0 Å². The van der Waals surface area contributed by atoms with Crippen molar-refractivity contribution in [2.24, 2.45) is 0 Å². The molecule has 3 rings (SSSR count). The van der Waals surface area contributed by atoms with Gasteiger partial charge in [-0.2, -0.15) is 4.31 Å². The topological polar surface area (TPSA) is 75.7 Å². The zero-order valence-corrected chi connectivity index (χ0v) is 20.4. The maximum atomic E-state index is 13.5. The second-order valence-corrected chi connectivity index (χ2v) is 10.4. The highest BCUT2D eigenvalue weighted by atomic mass is 32.2. The quantitative estimate of drug-likeness (QED) is 0.499. The van der Waals surface area contributed by atoms with Crippen LogP contribution in [0.5, 0.6) is 5.75 Å². The molecule has 0 aliphatic heterocycles. The summed E-state index contributed by atoms with van der Waals surface area (Å²) in [6, 6.07) is 14.5. The molecule has 33 heavy (non-hydrogen) atoms.